The summed E-state index contributed by atoms with van der Waals surface area (Å²) in [4.78, 5) is 28.0. The van der Waals surface area contributed by atoms with Crippen molar-refractivity contribution in [2.45, 2.75) is 25.4 Å². The van der Waals surface area contributed by atoms with Crippen LogP contribution in [0.5, 0.6) is 11.5 Å². The first kappa shape index (κ1) is 23.0. The fourth-order valence-corrected chi connectivity index (χ4v) is 4.97. The number of fused-ring (bicyclic) bond motifs is 4. The molecule has 0 saturated heterocycles. The maximum Gasteiger partial charge on any atom is 0.231 e. The molecule has 4 aromatic rings. The van der Waals surface area contributed by atoms with Crippen LogP contribution >= 0.6 is 0 Å². The molecule has 8 heteroatoms. The number of ether oxygens (including phenoxy) is 2. The highest BCUT2D eigenvalue weighted by Gasteiger charge is 2.34. The third-order valence-corrected chi connectivity index (χ3v) is 6.71. The van der Waals surface area contributed by atoms with E-state index in [-0.39, 0.29) is 30.3 Å². The molecular weight excluding hydrogens is 473 g/mol. The molecule has 37 heavy (non-hydrogen) atoms. The average Bonchev–Trinajstić information content (AvgIpc) is 3.51. The fraction of sp³-hybridized carbons (Fsp3) is 0.172. The number of nitrogens with one attached hydrogen (secondary N) is 3. The van der Waals surface area contributed by atoms with Gasteiger partial charge in [0.2, 0.25) is 12.7 Å². The number of ketones is 1. The van der Waals surface area contributed by atoms with Crippen LogP contribution in [0.2, 0.25) is 0 Å². The standard InChI is InChI=1S/C29H24FN3O4/c1-16(34)31-20-7-2-17(3-8-20)4-10-25(35)24-14-22-21-13-19(30)6-9-23(21)32-29(22)28(33-24)18-5-11-26-27(12-18)37-15-36-26/h2-13,24,28,32-33H,14-15H2,1H3,(H,31,34). The van der Waals surface area contributed by atoms with Gasteiger partial charge in [0.25, 0.3) is 0 Å². The molecular formula is C29H24FN3O4. The Bertz CT molecular complexity index is 1560. The Labute approximate surface area is 212 Å². The van der Waals surface area contributed by atoms with Gasteiger partial charge in [-0.05, 0) is 71.7 Å². The van der Waals surface area contributed by atoms with E-state index in [1.54, 1.807) is 30.4 Å². The Balaban J connectivity index is 1.32. The molecule has 1 aromatic heterocycles. The van der Waals surface area contributed by atoms with Gasteiger partial charge in [0.1, 0.15) is 5.82 Å². The normalized spacial score (nSPS) is 18.2. The molecule has 0 aliphatic carbocycles. The SMILES string of the molecule is CC(=O)Nc1ccc(C=CC(=O)C2Cc3c([nH]c4ccc(F)cc34)C(c3ccc4c(c3)OCO4)N2)cc1. The third kappa shape index (κ3) is 4.47. The molecule has 3 aromatic carbocycles. The molecule has 0 fully saturated rings. The van der Waals surface area contributed by atoms with Crippen molar-refractivity contribution < 1.29 is 23.5 Å². The van der Waals surface area contributed by atoms with Crippen molar-refractivity contribution in [1.29, 1.82) is 0 Å². The molecule has 7 nitrogen and oxygen atoms in total. The predicted octanol–water partition coefficient (Wildman–Crippen LogP) is 4.88. The Kier molecular flexibility index (Phi) is 5.73. The summed E-state index contributed by atoms with van der Waals surface area (Å²) < 4.78 is 25.2. The lowest BCUT2D eigenvalue weighted by atomic mass is 9.88. The van der Waals surface area contributed by atoms with E-state index in [1.165, 1.54) is 19.1 Å². The van der Waals surface area contributed by atoms with Crippen molar-refractivity contribution in [2.75, 3.05) is 12.1 Å². The topological polar surface area (TPSA) is 92.5 Å². The number of H-pyrrole nitrogens is 1. The van der Waals surface area contributed by atoms with Gasteiger partial charge in [-0.3, -0.25) is 14.9 Å². The monoisotopic (exact) mass is 497 g/mol. The second kappa shape index (κ2) is 9.22. The van der Waals surface area contributed by atoms with E-state index < -0.39 is 6.04 Å². The molecule has 2 aliphatic heterocycles. The molecule has 1 amide bonds. The van der Waals surface area contributed by atoms with Gasteiger partial charge in [0.15, 0.2) is 17.3 Å². The van der Waals surface area contributed by atoms with Crippen LogP contribution in [0.1, 0.15) is 35.3 Å². The molecule has 3 N–H and O–H groups in total. The van der Waals surface area contributed by atoms with Crippen LogP contribution in [0.15, 0.2) is 66.7 Å². The largest absolute Gasteiger partial charge is 0.454 e. The highest BCUT2D eigenvalue weighted by molar-refractivity contribution is 5.99. The quantitative estimate of drug-likeness (QED) is 0.342. The Hall–Kier alpha value is -4.43. The molecule has 6 rings (SSSR count). The minimum absolute atomic E-state index is 0.0897. The van der Waals surface area contributed by atoms with Crippen molar-refractivity contribution in [1.82, 2.24) is 10.3 Å². The van der Waals surface area contributed by atoms with Crippen LogP contribution in [0.3, 0.4) is 0 Å². The minimum atomic E-state index is -0.514. The molecule has 2 unspecified atom stereocenters. The van der Waals surface area contributed by atoms with Gasteiger partial charge >= 0.3 is 0 Å². The number of hydrogen-bond donors (Lipinski definition) is 3. The summed E-state index contributed by atoms with van der Waals surface area (Å²) in [6.07, 6.45) is 3.73. The molecule has 3 heterocycles. The molecule has 186 valence electrons. The molecule has 0 bridgehead atoms. The number of aromatic nitrogens is 1. The van der Waals surface area contributed by atoms with Crippen molar-refractivity contribution in [3.8, 4) is 11.5 Å². The van der Waals surface area contributed by atoms with E-state index in [0.29, 0.717) is 23.6 Å². The fourth-order valence-electron chi connectivity index (χ4n) is 4.97. The van der Waals surface area contributed by atoms with Crippen LogP contribution in [0.4, 0.5) is 10.1 Å². The van der Waals surface area contributed by atoms with Crippen LogP contribution in [-0.2, 0) is 16.0 Å². The first-order valence-electron chi connectivity index (χ1n) is 12.0. The van der Waals surface area contributed by atoms with E-state index >= 15 is 0 Å². The lowest BCUT2D eigenvalue weighted by Gasteiger charge is -2.30. The molecule has 0 radical (unpaired) electrons. The zero-order valence-electron chi connectivity index (χ0n) is 20.0. The maximum absolute atomic E-state index is 14.2. The number of carbonyl (C=O) groups is 2. The van der Waals surface area contributed by atoms with E-state index in [0.717, 1.165) is 33.3 Å². The van der Waals surface area contributed by atoms with Gasteiger partial charge in [-0.25, -0.2) is 4.39 Å². The zero-order valence-corrected chi connectivity index (χ0v) is 20.0. The summed E-state index contributed by atoms with van der Waals surface area (Å²) in [7, 11) is 0. The highest BCUT2D eigenvalue weighted by atomic mass is 19.1. The summed E-state index contributed by atoms with van der Waals surface area (Å²) in [6.45, 7) is 1.62. The molecule has 0 saturated carbocycles. The second-order valence-corrected chi connectivity index (χ2v) is 9.22. The van der Waals surface area contributed by atoms with Gasteiger partial charge in [-0.15, -0.1) is 0 Å². The molecule has 0 spiro atoms. The lowest BCUT2D eigenvalue weighted by Crippen LogP contribution is -2.44. The number of amides is 1. The first-order chi connectivity index (χ1) is 17.9. The van der Waals surface area contributed by atoms with Gasteiger partial charge in [0.05, 0.1) is 12.1 Å². The van der Waals surface area contributed by atoms with Crippen LogP contribution in [-0.4, -0.2) is 29.5 Å². The van der Waals surface area contributed by atoms with E-state index in [1.807, 2.05) is 30.3 Å². The summed E-state index contributed by atoms with van der Waals surface area (Å²) in [5.41, 5.74) is 5.08. The van der Waals surface area contributed by atoms with Gasteiger partial charge < -0.3 is 19.8 Å². The zero-order chi connectivity index (χ0) is 25.5. The summed E-state index contributed by atoms with van der Waals surface area (Å²) in [5, 5.41) is 6.99. The smallest absolute Gasteiger partial charge is 0.231 e. The average molecular weight is 498 g/mol. The Morgan fingerprint density at radius 2 is 1.84 bits per heavy atom. The molecule has 2 atom stereocenters. The van der Waals surface area contributed by atoms with Crippen LogP contribution < -0.4 is 20.1 Å². The summed E-state index contributed by atoms with van der Waals surface area (Å²) in [5.74, 6) is 0.777. The van der Waals surface area contributed by atoms with Crippen LogP contribution in [0, 0.1) is 5.82 Å². The minimum Gasteiger partial charge on any atom is -0.454 e. The summed E-state index contributed by atoms with van der Waals surface area (Å²) in [6, 6.07) is 16.8. The number of aromatic amines is 1. The van der Waals surface area contributed by atoms with Crippen molar-refractivity contribution in [3.63, 3.8) is 0 Å². The number of carbonyl (C=O) groups excluding carboxylic acids is 2. The Morgan fingerprint density at radius 1 is 1.03 bits per heavy atom. The number of hydrogen-bond acceptors (Lipinski definition) is 5. The van der Waals surface area contributed by atoms with Crippen LogP contribution in [0.25, 0.3) is 17.0 Å². The number of rotatable bonds is 5. The number of anilines is 1. The van der Waals surface area contributed by atoms with Crippen molar-refractivity contribution in [2.24, 2.45) is 0 Å². The molecule has 2 aliphatic rings. The Morgan fingerprint density at radius 3 is 2.65 bits per heavy atom. The number of halogens is 1. The van der Waals surface area contributed by atoms with Gasteiger partial charge in [0, 0.05) is 29.2 Å². The van der Waals surface area contributed by atoms with Gasteiger partial charge in [-0.2, -0.15) is 0 Å². The van der Waals surface area contributed by atoms with Gasteiger partial charge in [-0.1, -0.05) is 24.3 Å². The summed E-state index contributed by atoms with van der Waals surface area (Å²) >= 11 is 0. The van der Waals surface area contributed by atoms with Crippen molar-refractivity contribution in [3.05, 3.63) is 94.9 Å². The lowest BCUT2D eigenvalue weighted by molar-refractivity contribution is -0.117. The highest BCUT2D eigenvalue weighted by Crippen LogP contribution is 2.40. The predicted molar refractivity (Wildman–Crippen MR) is 138 cm³/mol. The maximum atomic E-state index is 14.2. The van der Waals surface area contributed by atoms with E-state index in [4.69, 9.17) is 9.47 Å². The second-order valence-electron chi connectivity index (χ2n) is 9.22. The van der Waals surface area contributed by atoms with E-state index in [9.17, 15) is 14.0 Å². The number of benzene rings is 3. The first-order valence-corrected chi connectivity index (χ1v) is 12.0. The third-order valence-electron chi connectivity index (χ3n) is 6.71. The van der Waals surface area contributed by atoms with Crippen molar-refractivity contribution >= 4 is 34.4 Å². The van der Waals surface area contributed by atoms with E-state index in [2.05, 4.69) is 15.6 Å².